The molecule has 6 heteroatoms. The maximum absolute atomic E-state index is 13.0. The summed E-state index contributed by atoms with van der Waals surface area (Å²) in [6.07, 6.45) is -0.0217. The molecule has 0 atom stereocenters. The number of ether oxygens (including phenoxy) is 2. The van der Waals surface area contributed by atoms with Crippen LogP contribution in [0.4, 0.5) is 8.78 Å². The molecule has 20 heavy (non-hydrogen) atoms. The van der Waals surface area contributed by atoms with Crippen molar-refractivity contribution in [3.63, 3.8) is 0 Å². The molecular weight excluding hydrogens is 270 g/mol. The summed E-state index contributed by atoms with van der Waals surface area (Å²) in [7, 11) is 0. The standard InChI is InChI=1S/C14H14F2O4/c15-14(16)19-10-5-4-9(8-11(10)20-14)13(12(17)18)6-2-1-3-7-13/h4-5,8H,1-3,6-7H2,(H,17,18). The molecule has 0 saturated heterocycles. The second kappa shape index (κ2) is 4.33. The van der Waals surface area contributed by atoms with E-state index in [1.54, 1.807) is 6.07 Å². The van der Waals surface area contributed by atoms with Crippen LogP contribution in [0.3, 0.4) is 0 Å². The van der Waals surface area contributed by atoms with Crippen LogP contribution in [0, 0.1) is 0 Å². The van der Waals surface area contributed by atoms with Crippen LogP contribution in [-0.2, 0) is 10.2 Å². The van der Waals surface area contributed by atoms with Crippen LogP contribution in [-0.4, -0.2) is 17.4 Å². The molecular formula is C14H14F2O4. The number of aliphatic carboxylic acids is 1. The number of fused-ring (bicyclic) bond motifs is 1. The van der Waals surface area contributed by atoms with Gasteiger partial charge in [-0.15, -0.1) is 8.78 Å². The lowest BCUT2D eigenvalue weighted by molar-refractivity contribution is -0.286. The fourth-order valence-corrected chi connectivity index (χ4v) is 3.03. The van der Waals surface area contributed by atoms with E-state index >= 15 is 0 Å². The summed E-state index contributed by atoms with van der Waals surface area (Å²) in [5.41, 5.74) is -0.501. The molecule has 108 valence electrons. The molecule has 0 amide bonds. The van der Waals surface area contributed by atoms with Crippen LogP contribution < -0.4 is 9.47 Å². The van der Waals surface area contributed by atoms with E-state index in [2.05, 4.69) is 9.47 Å². The fraction of sp³-hybridized carbons (Fsp3) is 0.500. The van der Waals surface area contributed by atoms with Crippen LogP contribution in [0.15, 0.2) is 18.2 Å². The van der Waals surface area contributed by atoms with E-state index in [-0.39, 0.29) is 11.5 Å². The maximum Gasteiger partial charge on any atom is 0.586 e. The van der Waals surface area contributed by atoms with Crippen LogP contribution in [0.5, 0.6) is 11.5 Å². The highest BCUT2D eigenvalue weighted by atomic mass is 19.3. The second-order valence-corrected chi connectivity index (χ2v) is 5.28. The molecule has 1 heterocycles. The quantitative estimate of drug-likeness (QED) is 0.905. The van der Waals surface area contributed by atoms with E-state index in [1.165, 1.54) is 12.1 Å². The molecule has 0 spiro atoms. The minimum absolute atomic E-state index is 0.0601. The van der Waals surface area contributed by atoms with Crippen LogP contribution in [0.2, 0.25) is 0 Å². The van der Waals surface area contributed by atoms with E-state index in [9.17, 15) is 18.7 Å². The van der Waals surface area contributed by atoms with Gasteiger partial charge in [0.25, 0.3) is 0 Å². The zero-order valence-corrected chi connectivity index (χ0v) is 10.7. The Morgan fingerprint density at radius 2 is 1.75 bits per heavy atom. The Bertz CT molecular complexity index is 550. The summed E-state index contributed by atoms with van der Waals surface area (Å²) >= 11 is 0. The van der Waals surface area contributed by atoms with Crippen molar-refractivity contribution in [1.82, 2.24) is 0 Å². The number of benzene rings is 1. The normalized spacial score (nSPS) is 22.5. The van der Waals surface area contributed by atoms with E-state index in [1.807, 2.05) is 0 Å². The first-order chi connectivity index (χ1) is 9.43. The smallest absolute Gasteiger partial charge is 0.481 e. The molecule has 1 aromatic rings. The van der Waals surface area contributed by atoms with Gasteiger partial charge >= 0.3 is 12.3 Å². The van der Waals surface area contributed by atoms with Gasteiger partial charge in [-0.05, 0) is 30.5 Å². The highest BCUT2D eigenvalue weighted by Gasteiger charge is 2.46. The zero-order chi connectivity index (χ0) is 14.4. The number of carboxylic acid groups (broad SMARTS) is 1. The molecule has 0 bridgehead atoms. The highest BCUT2D eigenvalue weighted by molar-refractivity contribution is 5.82. The molecule has 0 radical (unpaired) electrons. The Morgan fingerprint density at radius 3 is 2.40 bits per heavy atom. The molecule has 1 saturated carbocycles. The van der Waals surface area contributed by atoms with E-state index in [0.717, 1.165) is 19.3 Å². The monoisotopic (exact) mass is 284 g/mol. The molecule has 1 aromatic carbocycles. The number of rotatable bonds is 2. The van der Waals surface area contributed by atoms with Crippen molar-refractivity contribution in [2.75, 3.05) is 0 Å². The Kier molecular flexibility index (Phi) is 2.84. The number of carbonyl (C=O) groups is 1. The SMILES string of the molecule is O=C(O)C1(c2ccc3c(c2)OC(F)(F)O3)CCCCC1. The second-order valence-electron chi connectivity index (χ2n) is 5.28. The molecule has 0 unspecified atom stereocenters. The summed E-state index contributed by atoms with van der Waals surface area (Å²) in [6, 6.07) is 4.27. The van der Waals surface area contributed by atoms with Gasteiger partial charge in [-0.25, -0.2) is 0 Å². The summed E-state index contributed by atoms with van der Waals surface area (Å²) in [6.45, 7) is 0. The van der Waals surface area contributed by atoms with Crippen molar-refractivity contribution < 1.29 is 28.2 Å². The highest BCUT2D eigenvalue weighted by Crippen LogP contribution is 2.46. The van der Waals surface area contributed by atoms with E-state index in [0.29, 0.717) is 18.4 Å². The van der Waals surface area contributed by atoms with Gasteiger partial charge in [-0.3, -0.25) is 4.79 Å². The summed E-state index contributed by atoms with van der Waals surface area (Å²) in [5, 5.41) is 9.57. The molecule has 4 nitrogen and oxygen atoms in total. The lowest BCUT2D eigenvalue weighted by Crippen LogP contribution is -2.37. The van der Waals surface area contributed by atoms with Crippen molar-refractivity contribution in [3.8, 4) is 11.5 Å². The zero-order valence-electron chi connectivity index (χ0n) is 10.7. The Labute approximate surface area is 114 Å². The van der Waals surface area contributed by atoms with Crippen LogP contribution in [0.1, 0.15) is 37.7 Å². The number of hydrogen-bond donors (Lipinski definition) is 1. The molecule has 1 aliphatic carbocycles. The van der Waals surface area contributed by atoms with Gasteiger partial charge < -0.3 is 14.6 Å². The third-order valence-corrected chi connectivity index (χ3v) is 4.07. The van der Waals surface area contributed by atoms with Crippen molar-refractivity contribution in [2.45, 2.75) is 43.8 Å². The van der Waals surface area contributed by atoms with E-state index < -0.39 is 17.7 Å². The molecule has 3 rings (SSSR count). The third kappa shape index (κ3) is 1.99. The van der Waals surface area contributed by atoms with Gasteiger partial charge in [0.1, 0.15) is 0 Å². The van der Waals surface area contributed by atoms with Gasteiger partial charge in [0.15, 0.2) is 11.5 Å². The predicted molar refractivity (Wildman–Crippen MR) is 65.0 cm³/mol. The van der Waals surface area contributed by atoms with Crippen LogP contribution in [0.25, 0.3) is 0 Å². The van der Waals surface area contributed by atoms with Crippen molar-refractivity contribution >= 4 is 5.97 Å². The van der Waals surface area contributed by atoms with Gasteiger partial charge in [-0.2, -0.15) is 0 Å². The van der Waals surface area contributed by atoms with E-state index in [4.69, 9.17) is 0 Å². The Morgan fingerprint density at radius 1 is 1.10 bits per heavy atom. The first-order valence-corrected chi connectivity index (χ1v) is 6.57. The van der Waals surface area contributed by atoms with Crippen LogP contribution >= 0.6 is 0 Å². The topological polar surface area (TPSA) is 55.8 Å². The van der Waals surface area contributed by atoms with Crippen molar-refractivity contribution in [2.24, 2.45) is 0 Å². The number of hydrogen-bond acceptors (Lipinski definition) is 3. The summed E-state index contributed by atoms with van der Waals surface area (Å²) in [5.74, 6) is -1.07. The minimum atomic E-state index is -3.68. The van der Waals surface area contributed by atoms with Gasteiger partial charge in [0, 0.05) is 0 Å². The van der Waals surface area contributed by atoms with Gasteiger partial charge in [-0.1, -0.05) is 25.3 Å². The molecule has 2 aliphatic rings. The minimum Gasteiger partial charge on any atom is -0.481 e. The largest absolute Gasteiger partial charge is 0.586 e. The maximum atomic E-state index is 13.0. The molecule has 1 aliphatic heterocycles. The molecule has 1 fully saturated rings. The molecule has 0 aromatic heterocycles. The van der Waals surface area contributed by atoms with Crippen molar-refractivity contribution in [1.29, 1.82) is 0 Å². The summed E-state index contributed by atoms with van der Waals surface area (Å²) in [4.78, 5) is 11.7. The number of carboxylic acids is 1. The average Bonchev–Trinajstić information content (AvgIpc) is 2.72. The lowest BCUT2D eigenvalue weighted by atomic mass is 9.69. The predicted octanol–water partition coefficient (Wildman–Crippen LogP) is 3.29. The number of halogens is 2. The third-order valence-electron chi connectivity index (χ3n) is 4.07. The Hall–Kier alpha value is -1.85. The lowest BCUT2D eigenvalue weighted by Gasteiger charge is -2.33. The van der Waals surface area contributed by atoms with Gasteiger partial charge in [0.2, 0.25) is 0 Å². The van der Waals surface area contributed by atoms with Gasteiger partial charge in [0.05, 0.1) is 5.41 Å². The number of alkyl halides is 2. The molecule has 1 N–H and O–H groups in total. The first kappa shape index (κ1) is 13.1. The summed E-state index contributed by atoms with van der Waals surface area (Å²) < 4.78 is 34.7. The van der Waals surface area contributed by atoms with Crippen molar-refractivity contribution in [3.05, 3.63) is 23.8 Å². The fourth-order valence-electron chi connectivity index (χ4n) is 3.03. The average molecular weight is 284 g/mol. The Balaban J connectivity index is 2.00. The first-order valence-electron chi connectivity index (χ1n) is 6.57.